The summed E-state index contributed by atoms with van der Waals surface area (Å²) in [4.78, 5) is 28.2. The number of hydrogen-bond donors (Lipinski definition) is 2. The molecule has 0 atom stereocenters. The summed E-state index contributed by atoms with van der Waals surface area (Å²) in [5.74, 6) is -1.69. The molecule has 0 saturated heterocycles. The number of aliphatic carboxylic acids is 1. The maximum Gasteiger partial charge on any atom is 0.307 e. The van der Waals surface area contributed by atoms with E-state index in [-0.39, 0.29) is 35.0 Å². The van der Waals surface area contributed by atoms with Crippen LogP contribution in [0, 0.1) is 0 Å². The minimum Gasteiger partial charge on any atom is -0.506 e. The van der Waals surface area contributed by atoms with Gasteiger partial charge in [-0.25, -0.2) is 0 Å². The highest BCUT2D eigenvalue weighted by Gasteiger charge is 2.35. The number of aliphatic imine (C=N–C) groups is 1. The van der Waals surface area contributed by atoms with E-state index < -0.39 is 5.97 Å². The fourth-order valence-electron chi connectivity index (χ4n) is 2.95. The number of carboxylic acids is 1. The Kier molecular flexibility index (Phi) is 5.02. The van der Waals surface area contributed by atoms with Crippen LogP contribution in [0.2, 0.25) is 0 Å². The molecule has 3 rings (SSSR count). The van der Waals surface area contributed by atoms with Gasteiger partial charge in [-0.1, -0.05) is 11.6 Å². The van der Waals surface area contributed by atoms with E-state index in [2.05, 4.69) is 4.99 Å². The van der Waals surface area contributed by atoms with Gasteiger partial charge in [0.1, 0.15) is 5.76 Å². The molecule has 8 heteroatoms. The monoisotopic (exact) mass is 393 g/mol. The third kappa shape index (κ3) is 3.20. The molecule has 1 aromatic heterocycles. The van der Waals surface area contributed by atoms with Crippen LogP contribution >= 0.6 is 22.9 Å². The Bertz CT molecular complexity index is 935. The van der Waals surface area contributed by atoms with Crippen LogP contribution < -0.4 is 4.74 Å². The number of hydrogen-bond acceptors (Lipinski definition) is 6. The Morgan fingerprint density at radius 3 is 2.81 bits per heavy atom. The molecule has 0 aromatic carbocycles. The molecule has 2 heterocycles. The van der Waals surface area contributed by atoms with Crippen molar-refractivity contribution in [3.63, 3.8) is 0 Å². The summed E-state index contributed by atoms with van der Waals surface area (Å²) < 4.78 is 5.37. The van der Waals surface area contributed by atoms with Crippen molar-refractivity contribution < 1.29 is 24.5 Å². The van der Waals surface area contributed by atoms with Crippen molar-refractivity contribution >= 4 is 40.4 Å². The van der Waals surface area contributed by atoms with Crippen LogP contribution in [0.25, 0.3) is 0 Å². The number of aliphatic hydroxyl groups is 1. The number of thiophene rings is 1. The number of aliphatic hydroxyl groups excluding tert-OH is 1. The molecule has 1 aromatic rings. The fourth-order valence-corrected chi connectivity index (χ4v) is 4.09. The van der Waals surface area contributed by atoms with E-state index in [0.29, 0.717) is 39.8 Å². The molecule has 0 saturated carbocycles. The van der Waals surface area contributed by atoms with Gasteiger partial charge in [-0.15, -0.1) is 11.3 Å². The van der Waals surface area contributed by atoms with Crippen LogP contribution in [0.4, 0.5) is 0 Å². The Balaban J connectivity index is 1.97. The maximum atomic E-state index is 12.8. The van der Waals surface area contributed by atoms with Crippen LogP contribution in [0.5, 0.6) is 5.06 Å². The van der Waals surface area contributed by atoms with Gasteiger partial charge in [0.2, 0.25) is 0 Å². The molecule has 26 heavy (non-hydrogen) atoms. The van der Waals surface area contributed by atoms with E-state index in [4.69, 9.17) is 21.4 Å². The van der Waals surface area contributed by atoms with Crippen LogP contribution in [0.3, 0.4) is 0 Å². The number of fused-ring (bicyclic) bond motifs is 1. The molecular formula is C18H16ClNO5S. The highest BCUT2D eigenvalue weighted by molar-refractivity contribution is 7.12. The van der Waals surface area contributed by atoms with E-state index in [1.807, 2.05) is 6.92 Å². The van der Waals surface area contributed by atoms with Crippen LogP contribution in [-0.4, -0.2) is 34.3 Å². The van der Waals surface area contributed by atoms with Crippen LogP contribution in [0.15, 0.2) is 49.6 Å². The van der Waals surface area contributed by atoms with Crippen molar-refractivity contribution in [1.29, 1.82) is 0 Å². The zero-order chi connectivity index (χ0) is 19.0. The average Bonchev–Trinajstić information content (AvgIpc) is 3.16. The molecule has 1 aliphatic heterocycles. The largest absolute Gasteiger partial charge is 0.506 e. The van der Waals surface area contributed by atoms with Crippen molar-refractivity contribution in [1.82, 2.24) is 0 Å². The zero-order valence-corrected chi connectivity index (χ0v) is 15.7. The SMILES string of the molecule is CCOc1cc(C(=O)C2=C(O)C(Cl)=C3C(=NC(C)=C3CC(=O)O)C2)cs1. The fraction of sp³-hybridized carbons (Fsp3) is 0.278. The third-order valence-corrected chi connectivity index (χ3v) is 5.32. The van der Waals surface area contributed by atoms with Crippen LogP contribution in [-0.2, 0) is 4.79 Å². The normalized spacial score (nSPS) is 16.8. The minimum absolute atomic E-state index is 0.0355. The lowest BCUT2D eigenvalue weighted by Gasteiger charge is -2.19. The van der Waals surface area contributed by atoms with Gasteiger partial charge in [-0.05, 0) is 19.4 Å². The molecular weight excluding hydrogens is 378 g/mol. The number of halogens is 1. The van der Waals surface area contributed by atoms with E-state index in [1.165, 1.54) is 11.3 Å². The summed E-state index contributed by atoms with van der Waals surface area (Å²) in [6, 6.07) is 1.62. The van der Waals surface area contributed by atoms with Gasteiger partial charge in [-0.2, -0.15) is 0 Å². The number of nitrogens with zero attached hydrogens (tertiary/aromatic N) is 1. The van der Waals surface area contributed by atoms with Gasteiger partial charge in [0.25, 0.3) is 0 Å². The standard InChI is InChI=1S/C18H16ClNO5S/c1-3-25-14-4-9(7-26-14)17(23)11-5-12-15(16(19)18(11)24)10(6-13(21)22)8(2)20-12/h4,7,24H,3,5-6H2,1-2H3,(H,21,22). The number of Topliss-reactive ketones (excluding diaryl/α,β-unsaturated/α-hetero) is 1. The lowest BCUT2D eigenvalue weighted by molar-refractivity contribution is -0.136. The molecule has 2 N–H and O–H groups in total. The zero-order valence-electron chi connectivity index (χ0n) is 14.1. The molecule has 136 valence electrons. The third-order valence-electron chi connectivity index (χ3n) is 4.11. The molecule has 0 radical (unpaired) electrons. The molecule has 0 fully saturated rings. The van der Waals surface area contributed by atoms with E-state index in [1.54, 1.807) is 18.4 Å². The predicted octanol–water partition coefficient (Wildman–Crippen LogP) is 4.24. The van der Waals surface area contributed by atoms with Crippen molar-refractivity contribution in [2.45, 2.75) is 26.7 Å². The predicted molar refractivity (Wildman–Crippen MR) is 99.4 cm³/mol. The highest BCUT2D eigenvalue weighted by Crippen LogP contribution is 2.41. The lowest BCUT2D eigenvalue weighted by atomic mass is 9.87. The molecule has 2 aliphatic rings. The second-order valence-electron chi connectivity index (χ2n) is 5.80. The maximum absolute atomic E-state index is 12.8. The first kappa shape index (κ1) is 18.4. The number of ether oxygens (including phenoxy) is 1. The number of rotatable bonds is 6. The van der Waals surface area contributed by atoms with Crippen molar-refractivity contribution in [3.05, 3.63) is 50.2 Å². The van der Waals surface area contributed by atoms with Crippen molar-refractivity contribution in [3.8, 4) is 5.06 Å². The summed E-state index contributed by atoms with van der Waals surface area (Å²) in [6.07, 6.45) is -0.153. The van der Waals surface area contributed by atoms with Gasteiger partial charge >= 0.3 is 5.97 Å². The first-order chi connectivity index (χ1) is 12.3. The first-order valence-corrected chi connectivity index (χ1v) is 9.17. The van der Waals surface area contributed by atoms with E-state index >= 15 is 0 Å². The number of carboxylic acid groups (broad SMARTS) is 1. The average molecular weight is 394 g/mol. The molecule has 1 aliphatic carbocycles. The summed E-state index contributed by atoms with van der Waals surface area (Å²) in [6.45, 7) is 4.03. The van der Waals surface area contributed by atoms with Crippen LogP contribution in [0.1, 0.15) is 37.0 Å². The lowest BCUT2D eigenvalue weighted by Crippen LogP contribution is -2.18. The highest BCUT2D eigenvalue weighted by atomic mass is 35.5. The number of carbonyl (C=O) groups excluding carboxylic acids is 1. The van der Waals surface area contributed by atoms with E-state index in [9.17, 15) is 14.7 Å². The Hall–Kier alpha value is -2.38. The quantitative estimate of drug-likeness (QED) is 0.704. The van der Waals surface area contributed by atoms with Crippen molar-refractivity contribution in [2.24, 2.45) is 4.99 Å². The van der Waals surface area contributed by atoms with Gasteiger partial charge < -0.3 is 14.9 Å². The summed E-state index contributed by atoms with van der Waals surface area (Å²) in [7, 11) is 0. The van der Waals surface area contributed by atoms with E-state index in [0.717, 1.165) is 0 Å². The van der Waals surface area contributed by atoms with Gasteiger partial charge in [-0.3, -0.25) is 14.6 Å². The number of allylic oxidation sites excluding steroid dienone is 4. The van der Waals surface area contributed by atoms with Gasteiger partial charge in [0.15, 0.2) is 10.8 Å². The molecule has 0 bridgehead atoms. The Labute approximate surface area is 158 Å². The van der Waals surface area contributed by atoms with Gasteiger partial charge in [0, 0.05) is 40.3 Å². The molecule has 0 spiro atoms. The Morgan fingerprint density at radius 2 is 2.15 bits per heavy atom. The Morgan fingerprint density at radius 1 is 1.42 bits per heavy atom. The minimum atomic E-state index is -1.01. The second-order valence-corrected chi connectivity index (χ2v) is 7.05. The summed E-state index contributed by atoms with van der Waals surface area (Å²) in [5.41, 5.74) is 2.46. The first-order valence-electron chi connectivity index (χ1n) is 7.91. The number of carbonyl (C=O) groups is 2. The molecule has 6 nitrogen and oxygen atoms in total. The molecule has 0 unspecified atom stereocenters. The second kappa shape index (κ2) is 7.09. The number of ketones is 1. The summed E-state index contributed by atoms with van der Waals surface area (Å²) in [5, 5.41) is 21.8. The smallest absolute Gasteiger partial charge is 0.307 e. The molecule has 0 amide bonds. The topological polar surface area (TPSA) is 96.2 Å². The van der Waals surface area contributed by atoms with Crippen molar-refractivity contribution in [2.75, 3.05) is 6.61 Å². The van der Waals surface area contributed by atoms with Gasteiger partial charge in [0.05, 0.1) is 23.8 Å². The summed E-state index contributed by atoms with van der Waals surface area (Å²) >= 11 is 7.58.